The lowest BCUT2D eigenvalue weighted by Gasteiger charge is -2.61. The van der Waals surface area contributed by atoms with Crippen LogP contribution in [0.4, 0.5) is 8.78 Å². The van der Waals surface area contributed by atoms with Crippen molar-refractivity contribution in [3.63, 3.8) is 0 Å². The van der Waals surface area contributed by atoms with Gasteiger partial charge in [0.05, 0.1) is 11.5 Å². The van der Waals surface area contributed by atoms with Crippen LogP contribution in [0, 0.1) is 35.8 Å². The van der Waals surface area contributed by atoms with Crippen LogP contribution in [-0.4, -0.2) is 17.6 Å². The molecule has 0 aromatic heterocycles. The molecular formula is C26H29F2NO2. The predicted octanol–water partition coefficient (Wildman–Crippen LogP) is 4.96. The van der Waals surface area contributed by atoms with Crippen molar-refractivity contribution < 1.29 is 18.7 Å². The smallest absolute Gasteiger partial charge is 0.226 e. The van der Waals surface area contributed by atoms with Gasteiger partial charge in [-0.1, -0.05) is 35.9 Å². The van der Waals surface area contributed by atoms with Crippen LogP contribution < -0.4 is 5.32 Å². The average molecular weight is 426 g/mol. The summed E-state index contributed by atoms with van der Waals surface area (Å²) in [6.45, 7) is 2.09. The Hall–Kier alpha value is -2.27. The molecule has 3 atom stereocenters. The van der Waals surface area contributed by atoms with Crippen LogP contribution in [0.2, 0.25) is 0 Å². The lowest BCUT2D eigenvalue weighted by molar-refractivity contribution is -0.149. The molecule has 2 aromatic carbocycles. The first-order valence-corrected chi connectivity index (χ1v) is 11.3. The van der Waals surface area contributed by atoms with E-state index in [0.717, 1.165) is 44.2 Å². The van der Waals surface area contributed by atoms with Crippen LogP contribution in [-0.2, 0) is 10.2 Å². The summed E-state index contributed by atoms with van der Waals surface area (Å²) in [6, 6.07) is 12.1. The van der Waals surface area contributed by atoms with Crippen molar-refractivity contribution in [3.8, 4) is 0 Å². The molecule has 4 bridgehead atoms. The highest BCUT2D eigenvalue weighted by Crippen LogP contribution is 2.65. The molecule has 2 N–H and O–H groups in total. The fraction of sp³-hybridized carbons (Fsp3) is 0.500. The highest BCUT2D eigenvalue weighted by molar-refractivity contribution is 5.83. The molecule has 2 aromatic rings. The number of nitrogens with one attached hydrogen (secondary N) is 1. The van der Waals surface area contributed by atoms with E-state index in [4.69, 9.17) is 0 Å². The highest BCUT2D eigenvalue weighted by Gasteiger charge is 2.60. The number of carbonyl (C=O) groups excluding carboxylic acids is 1. The monoisotopic (exact) mass is 425 g/mol. The third-order valence-electron chi connectivity index (χ3n) is 7.99. The van der Waals surface area contributed by atoms with Crippen LogP contribution in [0.3, 0.4) is 0 Å². The van der Waals surface area contributed by atoms with Gasteiger partial charge in [-0.3, -0.25) is 4.79 Å². The third-order valence-corrected chi connectivity index (χ3v) is 7.99. The van der Waals surface area contributed by atoms with E-state index >= 15 is 0 Å². The molecule has 3 nitrogen and oxygen atoms in total. The molecule has 6 rings (SSSR count). The summed E-state index contributed by atoms with van der Waals surface area (Å²) in [5.41, 5.74) is 2.52. The molecule has 0 heterocycles. The predicted molar refractivity (Wildman–Crippen MR) is 114 cm³/mol. The number of aliphatic hydroxyl groups excluding tert-OH is 1. The van der Waals surface area contributed by atoms with Gasteiger partial charge in [0.1, 0.15) is 0 Å². The summed E-state index contributed by atoms with van der Waals surface area (Å²) in [6.07, 6.45) is 5.11. The molecule has 5 heteroatoms. The number of hydrogen-bond acceptors (Lipinski definition) is 2. The van der Waals surface area contributed by atoms with Crippen molar-refractivity contribution in [3.05, 3.63) is 70.8 Å². The zero-order valence-corrected chi connectivity index (χ0v) is 17.8. The molecular weight excluding hydrogens is 396 g/mol. The van der Waals surface area contributed by atoms with E-state index in [-0.39, 0.29) is 23.4 Å². The van der Waals surface area contributed by atoms with E-state index in [9.17, 15) is 18.7 Å². The zero-order chi connectivity index (χ0) is 21.8. The van der Waals surface area contributed by atoms with Crippen LogP contribution in [0.5, 0.6) is 0 Å². The second-order valence-corrected chi connectivity index (χ2v) is 10.3. The minimum Gasteiger partial charge on any atom is -0.387 e. The molecule has 4 aliphatic carbocycles. The Bertz CT molecular complexity index is 989. The van der Waals surface area contributed by atoms with Gasteiger partial charge < -0.3 is 10.4 Å². The molecule has 164 valence electrons. The third kappa shape index (κ3) is 3.57. The second-order valence-electron chi connectivity index (χ2n) is 10.3. The van der Waals surface area contributed by atoms with Crippen molar-refractivity contribution >= 4 is 5.91 Å². The van der Waals surface area contributed by atoms with E-state index in [1.807, 2.05) is 0 Å². The van der Waals surface area contributed by atoms with Crippen molar-refractivity contribution in [1.29, 1.82) is 0 Å². The largest absolute Gasteiger partial charge is 0.387 e. The molecule has 0 saturated heterocycles. The number of rotatable bonds is 5. The van der Waals surface area contributed by atoms with E-state index in [2.05, 4.69) is 36.5 Å². The molecule has 0 radical (unpaired) electrons. The number of carbonyl (C=O) groups is 1. The SMILES string of the molecule is Cc1ccc(C23CC4CC(CC(C(=O)NCC(O)c5ccc(F)c(F)c5)(C4)C2)C3)cc1. The first-order chi connectivity index (χ1) is 14.8. The minimum atomic E-state index is -1.07. The maximum absolute atomic E-state index is 13.5. The Morgan fingerprint density at radius 3 is 2.39 bits per heavy atom. The molecule has 0 spiro atoms. The number of amides is 1. The van der Waals surface area contributed by atoms with E-state index < -0.39 is 23.2 Å². The van der Waals surface area contributed by atoms with Gasteiger partial charge in [-0.05, 0) is 86.0 Å². The van der Waals surface area contributed by atoms with Crippen molar-refractivity contribution in [1.82, 2.24) is 5.32 Å². The Kier molecular flexibility index (Phi) is 4.93. The molecule has 4 saturated carbocycles. The minimum absolute atomic E-state index is 0.000259. The van der Waals surface area contributed by atoms with E-state index in [1.54, 1.807) is 0 Å². The summed E-state index contributed by atoms with van der Waals surface area (Å²) in [7, 11) is 0. The Balaban J connectivity index is 1.34. The normalized spacial score (nSPS) is 32.1. The Morgan fingerprint density at radius 1 is 1.06 bits per heavy atom. The molecule has 3 unspecified atom stereocenters. The molecule has 4 fully saturated rings. The first kappa shape index (κ1) is 20.6. The molecule has 31 heavy (non-hydrogen) atoms. The highest BCUT2D eigenvalue weighted by atomic mass is 19.2. The van der Waals surface area contributed by atoms with Gasteiger partial charge in [0.15, 0.2) is 11.6 Å². The number of benzene rings is 2. The van der Waals surface area contributed by atoms with Crippen LogP contribution in [0.15, 0.2) is 42.5 Å². The standard InChI is InChI=1S/C26H29F2NO2/c1-16-2-5-20(6-3-16)25-10-17-8-18(11-25)13-26(12-17,15-25)24(31)29-14-23(30)19-4-7-21(27)22(28)9-19/h2-7,9,17-18,23,30H,8,10-15H2,1H3,(H,29,31). The van der Waals surface area contributed by atoms with Crippen molar-refractivity contribution in [2.24, 2.45) is 17.3 Å². The van der Waals surface area contributed by atoms with Gasteiger partial charge in [-0.2, -0.15) is 0 Å². The quantitative estimate of drug-likeness (QED) is 0.711. The fourth-order valence-corrected chi connectivity index (χ4v) is 6.99. The van der Waals surface area contributed by atoms with Gasteiger partial charge in [0, 0.05) is 6.54 Å². The van der Waals surface area contributed by atoms with Crippen molar-refractivity contribution in [2.75, 3.05) is 6.54 Å². The Morgan fingerprint density at radius 2 is 1.74 bits per heavy atom. The summed E-state index contributed by atoms with van der Waals surface area (Å²) in [5, 5.41) is 13.4. The van der Waals surface area contributed by atoms with E-state index in [1.165, 1.54) is 23.6 Å². The Labute approximate surface area is 181 Å². The second kappa shape index (κ2) is 7.40. The summed E-state index contributed by atoms with van der Waals surface area (Å²) in [4.78, 5) is 13.4. The van der Waals surface area contributed by atoms with Crippen LogP contribution in [0.25, 0.3) is 0 Å². The van der Waals surface area contributed by atoms with Crippen LogP contribution in [0.1, 0.15) is 61.3 Å². The average Bonchev–Trinajstić information content (AvgIpc) is 2.73. The summed E-state index contributed by atoms with van der Waals surface area (Å²) in [5.74, 6) is -0.826. The van der Waals surface area contributed by atoms with E-state index in [0.29, 0.717) is 11.8 Å². The summed E-state index contributed by atoms with van der Waals surface area (Å²) < 4.78 is 26.7. The first-order valence-electron chi connectivity index (χ1n) is 11.3. The summed E-state index contributed by atoms with van der Waals surface area (Å²) >= 11 is 0. The van der Waals surface area contributed by atoms with Gasteiger partial charge in [0.2, 0.25) is 5.91 Å². The van der Waals surface area contributed by atoms with Crippen LogP contribution >= 0.6 is 0 Å². The topological polar surface area (TPSA) is 49.3 Å². The van der Waals surface area contributed by atoms with Gasteiger partial charge in [-0.25, -0.2) is 8.78 Å². The van der Waals surface area contributed by atoms with Gasteiger partial charge in [0.25, 0.3) is 0 Å². The zero-order valence-electron chi connectivity index (χ0n) is 17.8. The fourth-order valence-electron chi connectivity index (χ4n) is 6.99. The lowest BCUT2D eigenvalue weighted by atomic mass is 9.42. The number of hydrogen-bond donors (Lipinski definition) is 2. The van der Waals surface area contributed by atoms with Gasteiger partial charge in [-0.15, -0.1) is 0 Å². The van der Waals surface area contributed by atoms with Crippen molar-refractivity contribution in [2.45, 2.75) is 57.0 Å². The maximum atomic E-state index is 13.5. The van der Waals surface area contributed by atoms with Gasteiger partial charge >= 0.3 is 0 Å². The number of halogens is 2. The number of aryl methyl sites for hydroxylation is 1. The molecule has 4 aliphatic rings. The molecule has 1 amide bonds. The maximum Gasteiger partial charge on any atom is 0.226 e. The lowest BCUT2D eigenvalue weighted by Crippen LogP contribution is -2.59. The number of aliphatic hydroxyl groups is 1. The molecule has 0 aliphatic heterocycles.